The molecule has 6 nitrogen and oxygen atoms in total. The van der Waals surface area contributed by atoms with Crippen molar-refractivity contribution in [1.29, 1.82) is 0 Å². The molecule has 0 saturated carbocycles. The van der Waals surface area contributed by atoms with Gasteiger partial charge in [0.2, 0.25) is 0 Å². The molecule has 22 heavy (non-hydrogen) atoms. The Kier molecular flexibility index (Phi) is 22.5. The van der Waals surface area contributed by atoms with E-state index >= 15 is 0 Å². The van der Waals surface area contributed by atoms with Gasteiger partial charge in [0.1, 0.15) is 0 Å². The van der Waals surface area contributed by atoms with E-state index in [0.717, 1.165) is 18.2 Å². The number of hydrogen-bond acceptors (Lipinski definition) is 6. The minimum atomic E-state index is -0.187. The number of hydrogen-bond donors (Lipinski definition) is 0. The van der Waals surface area contributed by atoms with Gasteiger partial charge in [-0.3, -0.25) is 14.4 Å². The molecule has 0 aromatic rings. The van der Waals surface area contributed by atoms with Gasteiger partial charge in [-0.25, -0.2) is 0 Å². The van der Waals surface area contributed by atoms with Crippen LogP contribution in [-0.2, 0) is 36.1 Å². The molecule has 0 bridgehead atoms. The van der Waals surface area contributed by atoms with Crippen molar-refractivity contribution in [2.45, 2.75) is 41.5 Å². The Labute approximate surface area is 146 Å². The molecule has 0 aromatic heterocycles. The summed E-state index contributed by atoms with van der Waals surface area (Å²) >= 11 is 0. The number of allylic oxidation sites excluding steroid dienone is 6. The maximum Gasteiger partial charge on any atom is 3.00 e. The molecule has 0 unspecified atom stereocenters. The van der Waals surface area contributed by atoms with Crippen molar-refractivity contribution < 1.29 is 51.4 Å². The second-order valence-corrected chi connectivity index (χ2v) is 4.10. The van der Waals surface area contributed by atoms with Crippen molar-refractivity contribution in [3.8, 4) is 0 Å². The molecule has 0 rings (SSSR count). The van der Waals surface area contributed by atoms with Gasteiger partial charge in [0.05, 0.1) is 0 Å². The minimum Gasteiger partial charge on any atom is -0.876 e. The zero-order valence-corrected chi connectivity index (χ0v) is 15.2. The van der Waals surface area contributed by atoms with E-state index in [2.05, 4.69) is 0 Å². The van der Waals surface area contributed by atoms with Crippen LogP contribution in [0.15, 0.2) is 35.5 Å². The summed E-state index contributed by atoms with van der Waals surface area (Å²) < 4.78 is 0. The molecule has 0 heterocycles. The van der Waals surface area contributed by atoms with E-state index in [9.17, 15) is 29.7 Å². The summed E-state index contributed by atoms with van der Waals surface area (Å²) in [5, 5.41) is 29.9. The van der Waals surface area contributed by atoms with Gasteiger partial charge in [0.25, 0.3) is 0 Å². The average Bonchev–Trinajstić information content (AvgIpc) is 2.10. The number of rotatable bonds is 3. The molecule has 0 aliphatic heterocycles. The molecule has 0 N–H and O–H groups in total. The number of carbonyl (C=O) groups excluding carboxylic acids is 3. The predicted octanol–water partition coefficient (Wildman–Crippen LogP) is -0.484. The molecule has 0 saturated heterocycles. The molecule has 0 aliphatic rings. The molecule has 0 aromatic carbocycles. The smallest absolute Gasteiger partial charge is 0.876 e. The molecule has 0 atom stereocenters. The average molecular weight is 345 g/mol. The first-order chi connectivity index (χ1) is 9.38. The zero-order valence-electron chi connectivity index (χ0n) is 13.7. The summed E-state index contributed by atoms with van der Waals surface area (Å²) in [6, 6.07) is 0. The van der Waals surface area contributed by atoms with E-state index in [1.165, 1.54) is 41.5 Å². The first-order valence-electron chi connectivity index (χ1n) is 5.96. The van der Waals surface area contributed by atoms with Crippen molar-refractivity contribution in [1.82, 2.24) is 0 Å². The van der Waals surface area contributed by atoms with Gasteiger partial charge in [-0.15, -0.1) is 17.3 Å². The van der Waals surface area contributed by atoms with Gasteiger partial charge in [-0.05, 0) is 39.0 Å². The molecular formula is C15H21O6Ti. The maximum atomic E-state index is 9.98. The van der Waals surface area contributed by atoms with Crippen LogP contribution in [0.4, 0.5) is 0 Å². The van der Waals surface area contributed by atoms with Crippen LogP contribution >= 0.6 is 0 Å². The zero-order chi connectivity index (χ0) is 17.6. The van der Waals surface area contributed by atoms with Gasteiger partial charge in [-0.1, -0.05) is 20.8 Å². The summed E-state index contributed by atoms with van der Waals surface area (Å²) in [5.74, 6) is -1.12. The fourth-order valence-electron chi connectivity index (χ4n) is 0.859. The van der Waals surface area contributed by atoms with Gasteiger partial charge in [0, 0.05) is 0 Å². The van der Waals surface area contributed by atoms with Crippen molar-refractivity contribution in [3.63, 3.8) is 0 Å². The van der Waals surface area contributed by atoms with E-state index in [1.54, 1.807) is 0 Å². The van der Waals surface area contributed by atoms with Gasteiger partial charge in [0.15, 0.2) is 17.3 Å². The molecule has 121 valence electrons. The molecule has 0 aliphatic carbocycles. The van der Waals surface area contributed by atoms with E-state index < -0.39 is 0 Å². The largest absolute Gasteiger partial charge is 3.00 e. The first kappa shape index (κ1) is 28.5. The second-order valence-electron chi connectivity index (χ2n) is 4.10. The summed E-state index contributed by atoms with van der Waals surface area (Å²) in [6.07, 6.45) is 3.17. The van der Waals surface area contributed by atoms with Crippen LogP contribution in [0, 0.1) is 0 Å². The quantitative estimate of drug-likeness (QED) is 0.387. The van der Waals surface area contributed by atoms with E-state index in [1.807, 2.05) is 0 Å². The Bertz CT molecular complexity index is 368. The Hall–Kier alpha value is -1.66. The number of carbonyl (C=O) groups is 3. The van der Waals surface area contributed by atoms with Crippen molar-refractivity contribution >= 4 is 17.3 Å². The number of ketones is 3. The third-order valence-corrected chi connectivity index (χ3v) is 1.22. The standard InChI is InChI=1S/3C5H8O2.Ti/c3*1-4(6)3-5(2)7;/h3*3,6H,1-2H3;/q;;;+3/p-3/b3*4-3+;. The van der Waals surface area contributed by atoms with Crippen LogP contribution in [0.25, 0.3) is 0 Å². The van der Waals surface area contributed by atoms with Crippen molar-refractivity contribution in [2.75, 3.05) is 0 Å². The van der Waals surface area contributed by atoms with E-state index in [4.69, 9.17) is 0 Å². The Morgan fingerprint density at radius 3 is 0.682 bits per heavy atom. The monoisotopic (exact) mass is 345 g/mol. The van der Waals surface area contributed by atoms with Gasteiger partial charge >= 0.3 is 21.7 Å². The topological polar surface area (TPSA) is 120 Å². The predicted molar refractivity (Wildman–Crippen MR) is 73.3 cm³/mol. The van der Waals surface area contributed by atoms with Crippen molar-refractivity contribution in [2.24, 2.45) is 0 Å². The summed E-state index contributed by atoms with van der Waals surface area (Å²) in [5.41, 5.74) is 0. The molecule has 1 radical (unpaired) electrons. The normalized spacial score (nSPS) is 10.9. The SMILES string of the molecule is CC(=O)/C=C(\C)[O-].CC(=O)/C=C(\C)[O-].CC(=O)/C=C(\C)[O-].[Ti+3]. The molecule has 0 amide bonds. The van der Waals surface area contributed by atoms with Crippen LogP contribution < -0.4 is 15.3 Å². The van der Waals surface area contributed by atoms with E-state index in [0.29, 0.717) is 0 Å². The fraction of sp³-hybridized carbons (Fsp3) is 0.400. The second kappa shape index (κ2) is 17.4. The third-order valence-electron chi connectivity index (χ3n) is 1.22. The molecule has 0 fully saturated rings. The molecule has 0 spiro atoms. The molecular weight excluding hydrogens is 324 g/mol. The summed E-state index contributed by atoms with van der Waals surface area (Å²) in [7, 11) is 0. The summed E-state index contributed by atoms with van der Waals surface area (Å²) in [6.45, 7) is 8.09. The Morgan fingerprint density at radius 1 is 0.545 bits per heavy atom. The van der Waals surface area contributed by atoms with Crippen LogP contribution in [-0.4, -0.2) is 17.3 Å². The summed E-state index contributed by atoms with van der Waals surface area (Å²) in [4.78, 5) is 29.9. The first-order valence-corrected chi connectivity index (χ1v) is 5.96. The van der Waals surface area contributed by atoms with Crippen LogP contribution in [0.2, 0.25) is 0 Å². The minimum absolute atomic E-state index is 0. The third kappa shape index (κ3) is 51.6. The van der Waals surface area contributed by atoms with Crippen LogP contribution in [0.5, 0.6) is 0 Å². The van der Waals surface area contributed by atoms with Gasteiger partial charge < -0.3 is 15.3 Å². The maximum absolute atomic E-state index is 9.98. The fourth-order valence-corrected chi connectivity index (χ4v) is 0.859. The van der Waals surface area contributed by atoms with Crippen molar-refractivity contribution in [3.05, 3.63) is 35.5 Å². The molecule has 7 heteroatoms. The van der Waals surface area contributed by atoms with Crippen LogP contribution in [0.3, 0.4) is 0 Å². The Morgan fingerprint density at radius 2 is 0.682 bits per heavy atom. The van der Waals surface area contributed by atoms with E-state index in [-0.39, 0.29) is 56.3 Å². The Balaban J connectivity index is -0.000000108. The van der Waals surface area contributed by atoms with Crippen LogP contribution in [0.1, 0.15) is 41.5 Å². The van der Waals surface area contributed by atoms with Gasteiger partial charge in [-0.2, -0.15) is 0 Å².